The summed E-state index contributed by atoms with van der Waals surface area (Å²) in [6, 6.07) is 6.22. The van der Waals surface area contributed by atoms with Crippen LogP contribution in [0.1, 0.15) is 24.8 Å². The van der Waals surface area contributed by atoms with E-state index >= 15 is 0 Å². The molecular weight excluding hydrogens is 345 g/mol. The summed E-state index contributed by atoms with van der Waals surface area (Å²) in [6.07, 6.45) is -0.976. The Balaban J connectivity index is 1.52. The molecule has 2 saturated heterocycles. The lowest BCUT2D eigenvalue weighted by Crippen LogP contribution is -2.45. The fourth-order valence-electron chi connectivity index (χ4n) is 4.27. The van der Waals surface area contributed by atoms with Gasteiger partial charge in [0.2, 0.25) is 0 Å². The number of nitrogens with zero attached hydrogens (tertiary/aromatic N) is 2. The van der Waals surface area contributed by atoms with Gasteiger partial charge >= 0.3 is 6.36 Å². The first-order valence-corrected chi connectivity index (χ1v) is 9.16. The predicted octanol–water partition coefficient (Wildman–Crippen LogP) is 3.52. The van der Waals surface area contributed by atoms with Gasteiger partial charge in [-0.3, -0.25) is 4.90 Å². The van der Waals surface area contributed by atoms with Crippen LogP contribution in [0.3, 0.4) is 0 Å². The van der Waals surface area contributed by atoms with Crippen molar-refractivity contribution in [3.05, 3.63) is 29.8 Å². The fraction of sp³-hybridized carbons (Fsp3) is 0.684. The summed E-state index contributed by atoms with van der Waals surface area (Å²) in [5.41, 5.74) is 1.37. The van der Waals surface area contributed by atoms with Gasteiger partial charge in [-0.05, 0) is 55.5 Å². The minimum Gasteiger partial charge on any atom is -0.406 e. The number of halogens is 3. The summed E-state index contributed by atoms with van der Waals surface area (Å²) < 4.78 is 45.9. The molecule has 0 bridgehead atoms. The van der Waals surface area contributed by atoms with Crippen molar-refractivity contribution in [3.8, 4) is 5.75 Å². The predicted molar refractivity (Wildman–Crippen MR) is 93.0 cm³/mol. The Kier molecular flexibility index (Phi) is 6.10. The Morgan fingerprint density at radius 2 is 1.77 bits per heavy atom. The highest BCUT2D eigenvalue weighted by atomic mass is 19.4. The van der Waals surface area contributed by atoms with Crippen LogP contribution in [-0.4, -0.2) is 62.6 Å². The first-order valence-electron chi connectivity index (χ1n) is 9.16. The Morgan fingerprint density at radius 1 is 1.04 bits per heavy atom. The zero-order valence-electron chi connectivity index (χ0n) is 15.2. The van der Waals surface area contributed by atoms with Gasteiger partial charge in [0.05, 0.1) is 6.61 Å². The molecule has 1 unspecified atom stereocenters. The van der Waals surface area contributed by atoms with E-state index in [2.05, 4.69) is 14.5 Å². The minimum atomic E-state index is -4.64. The molecule has 2 heterocycles. The molecule has 1 atom stereocenters. The van der Waals surface area contributed by atoms with Crippen molar-refractivity contribution in [1.82, 2.24) is 9.80 Å². The van der Waals surface area contributed by atoms with Crippen LogP contribution in [-0.2, 0) is 11.3 Å². The third kappa shape index (κ3) is 5.34. The van der Waals surface area contributed by atoms with Gasteiger partial charge in [0.15, 0.2) is 0 Å². The molecular formula is C19H27F3N2O2. The van der Waals surface area contributed by atoms with Gasteiger partial charge in [0.25, 0.3) is 0 Å². The molecule has 146 valence electrons. The van der Waals surface area contributed by atoms with E-state index in [-0.39, 0.29) is 5.75 Å². The Morgan fingerprint density at radius 3 is 2.46 bits per heavy atom. The minimum absolute atomic E-state index is 0.166. The van der Waals surface area contributed by atoms with E-state index < -0.39 is 6.36 Å². The molecule has 0 aromatic heterocycles. The van der Waals surface area contributed by atoms with E-state index in [0.717, 1.165) is 51.4 Å². The van der Waals surface area contributed by atoms with Crippen molar-refractivity contribution in [3.63, 3.8) is 0 Å². The van der Waals surface area contributed by atoms with E-state index in [9.17, 15) is 13.2 Å². The van der Waals surface area contributed by atoms with E-state index in [1.54, 1.807) is 19.2 Å². The number of alkyl halides is 3. The van der Waals surface area contributed by atoms with Crippen molar-refractivity contribution < 1.29 is 22.6 Å². The van der Waals surface area contributed by atoms with Crippen LogP contribution < -0.4 is 4.74 Å². The molecule has 7 heteroatoms. The van der Waals surface area contributed by atoms with Crippen LogP contribution in [0.5, 0.6) is 5.75 Å². The van der Waals surface area contributed by atoms with E-state index in [0.29, 0.717) is 5.41 Å². The van der Waals surface area contributed by atoms with E-state index in [4.69, 9.17) is 4.74 Å². The fourth-order valence-corrected chi connectivity index (χ4v) is 4.27. The van der Waals surface area contributed by atoms with Crippen LogP contribution in [0.2, 0.25) is 0 Å². The average Bonchev–Trinajstić information content (AvgIpc) is 2.95. The number of likely N-dealkylation sites (tertiary alicyclic amines) is 2. The molecule has 0 aliphatic carbocycles. The summed E-state index contributed by atoms with van der Waals surface area (Å²) >= 11 is 0. The molecule has 2 aliphatic rings. The van der Waals surface area contributed by atoms with Gasteiger partial charge in [-0.2, -0.15) is 0 Å². The highest BCUT2D eigenvalue weighted by Gasteiger charge is 2.41. The molecule has 1 aromatic carbocycles. The van der Waals surface area contributed by atoms with Gasteiger partial charge in [0.1, 0.15) is 5.75 Å². The second-order valence-corrected chi connectivity index (χ2v) is 7.52. The first-order chi connectivity index (χ1) is 12.4. The van der Waals surface area contributed by atoms with Crippen molar-refractivity contribution in [1.29, 1.82) is 0 Å². The molecule has 0 saturated carbocycles. The maximum absolute atomic E-state index is 12.2. The average molecular weight is 372 g/mol. The lowest BCUT2D eigenvalue weighted by molar-refractivity contribution is -0.274. The molecule has 2 aliphatic heterocycles. The third-order valence-corrected chi connectivity index (χ3v) is 5.43. The number of hydrogen-bond acceptors (Lipinski definition) is 4. The van der Waals surface area contributed by atoms with Crippen LogP contribution in [0, 0.1) is 5.41 Å². The van der Waals surface area contributed by atoms with Crippen LogP contribution in [0.25, 0.3) is 0 Å². The molecule has 0 amide bonds. The summed E-state index contributed by atoms with van der Waals surface area (Å²) in [6.45, 7) is 6.88. The number of ether oxygens (including phenoxy) is 2. The van der Waals surface area contributed by atoms with E-state index in [1.807, 2.05) is 0 Å². The summed E-state index contributed by atoms with van der Waals surface area (Å²) in [4.78, 5) is 4.92. The number of rotatable bonds is 6. The third-order valence-electron chi connectivity index (χ3n) is 5.43. The maximum atomic E-state index is 12.2. The summed E-state index contributed by atoms with van der Waals surface area (Å²) in [5.74, 6) is -0.166. The molecule has 0 N–H and O–H groups in total. The normalized spacial score (nSPS) is 25.1. The molecule has 26 heavy (non-hydrogen) atoms. The quantitative estimate of drug-likeness (QED) is 0.763. The van der Waals surface area contributed by atoms with Crippen molar-refractivity contribution in [2.45, 2.75) is 32.2 Å². The van der Waals surface area contributed by atoms with Gasteiger partial charge in [-0.15, -0.1) is 13.2 Å². The van der Waals surface area contributed by atoms with Crippen LogP contribution in [0.15, 0.2) is 24.3 Å². The van der Waals surface area contributed by atoms with Gasteiger partial charge in [0, 0.05) is 33.3 Å². The van der Waals surface area contributed by atoms with E-state index in [1.165, 1.54) is 31.4 Å². The van der Waals surface area contributed by atoms with Gasteiger partial charge in [-0.1, -0.05) is 12.1 Å². The number of benzene rings is 1. The standard InChI is InChI=1S/C19H27F3N2O2/c1-25-12-11-23-9-2-7-18(14-23)8-10-24(15-18)13-16-3-5-17(6-4-16)26-19(20,21)22/h3-6H,2,7-15H2,1H3. The van der Waals surface area contributed by atoms with Crippen molar-refractivity contribution in [2.24, 2.45) is 5.41 Å². The molecule has 3 rings (SSSR count). The lowest BCUT2D eigenvalue weighted by atomic mass is 9.79. The topological polar surface area (TPSA) is 24.9 Å². The summed E-state index contributed by atoms with van der Waals surface area (Å²) in [7, 11) is 1.74. The maximum Gasteiger partial charge on any atom is 0.573 e. The Bertz CT molecular complexity index is 579. The van der Waals surface area contributed by atoms with Crippen molar-refractivity contribution >= 4 is 0 Å². The van der Waals surface area contributed by atoms with Gasteiger partial charge < -0.3 is 14.4 Å². The molecule has 0 radical (unpaired) electrons. The monoisotopic (exact) mass is 372 g/mol. The van der Waals surface area contributed by atoms with Crippen molar-refractivity contribution in [2.75, 3.05) is 46.4 Å². The smallest absolute Gasteiger partial charge is 0.406 e. The summed E-state index contributed by atoms with van der Waals surface area (Å²) in [5, 5.41) is 0. The Labute approximate surface area is 152 Å². The molecule has 1 spiro atoms. The highest BCUT2D eigenvalue weighted by molar-refractivity contribution is 5.27. The second-order valence-electron chi connectivity index (χ2n) is 7.52. The van der Waals surface area contributed by atoms with Crippen LogP contribution >= 0.6 is 0 Å². The lowest BCUT2D eigenvalue weighted by Gasteiger charge is -2.40. The van der Waals surface area contributed by atoms with Gasteiger partial charge in [-0.25, -0.2) is 0 Å². The molecule has 4 nitrogen and oxygen atoms in total. The van der Waals surface area contributed by atoms with Crippen LogP contribution in [0.4, 0.5) is 13.2 Å². The zero-order chi connectivity index (χ0) is 18.6. The number of hydrogen-bond donors (Lipinski definition) is 0. The zero-order valence-corrected chi connectivity index (χ0v) is 15.2. The first kappa shape index (κ1) is 19.5. The number of piperidine rings is 1. The SMILES string of the molecule is COCCN1CCCC2(CCN(Cc3ccc(OC(F)(F)F)cc3)C2)C1. The molecule has 2 fully saturated rings. The highest BCUT2D eigenvalue weighted by Crippen LogP contribution is 2.39. The number of methoxy groups -OCH3 is 1. The largest absolute Gasteiger partial charge is 0.573 e. The molecule has 1 aromatic rings. The second kappa shape index (κ2) is 8.15. The Hall–Kier alpha value is -1.31.